The third-order valence-electron chi connectivity index (χ3n) is 4.71. The first-order chi connectivity index (χ1) is 9.58. The fourth-order valence-corrected chi connectivity index (χ4v) is 3.71. The Balaban J connectivity index is 2.40. The van der Waals surface area contributed by atoms with Gasteiger partial charge in [0.25, 0.3) is 0 Å². The molecule has 0 radical (unpaired) electrons. The molecule has 1 N–H and O–H groups in total. The third-order valence-corrected chi connectivity index (χ3v) is 4.71. The molecule has 1 aliphatic carbocycles. The van der Waals surface area contributed by atoms with Gasteiger partial charge in [0, 0.05) is 6.04 Å². The van der Waals surface area contributed by atoms with Crippen molar-refractivity contribution >= 4 is 0 Å². The first-order valence-electron chi connectivity index (χ1n) is 8.97. The minimum Gasteiger partial charge on any atom is -0.373 e. The van der Waals surface area contributed by atoms with Gasteiger partial charge in [-0.1, -0.05) is 53.4 Å². The van der Waals surface area contributed by atoms with Crippen LogP contribution in [0, 0.1) is 11.8 Å². The molecule has 0 bridgehead atoms. The predicted molar refractivity (Wildman–Crippen MR) is 88.1 cm³/mol. The van der Waals surface area contributed by atoms with E-state index in [9.17, 15) is 0 Å². The van der Waals surface area contributed by atoms with Crippen molar-refractivity contribution in [2.45, 2.75) is 97.8 Å². The number of ether oxygens (including phenoxy) is 1. The first-order valence-corrected chi connectivity index (χ1v) is 8.97. The van der Waals surface area contributed by atoms with Crippen LogP contribution in [0.5, 0.6) is 0 Å². The quantitative estimate of drug-likeness (QED) is 0.615. The van der Waals surface area contributed by atoms with E-state index in [0.29, 0.717) is 24.2 Å². The minimum absolute atomic E-state index is 0.410. The lowest BCUT2D eigenvalue weighted by Gasteiger charge is -2.41. The molecule has 0 saturated heterocycles. The predicted octanol–water partition coefficient (Wildman–Crippen LogP) is 4.77. The van der Waals surface area contributed by atoms with E-state index in [4.69, 9.17) is 4.74 Å². The van der Waals surface area contributed by atoms with E-state index >= 15 is 0 Å². The molecule has 120 valence electrons. The van der Waals surface area contributed by atoms with Crippen LogP contribution < -0.4 is 5.32 Å². The zero-order valence-electron chi connectivity index (χ0n) is 14.5. The first kappa shape index (κ1) is 18.0. The number of hydrogen-bond donors (Lipinski definition) is 1. The molecule has 0 heterocycles. The van der Waals surface area contributed by atoms with Crippen LogP contribution in [0.3, 0.4) is 0 Å². The number of unbranched alkanes of at least 4 members (excludes halogenated alkanes) is 3. The molecule has 2 heteroatoms. The van der Waals surface area contributed by atoms with Crippen LogP contribution in [-0.4, -0.2) is 24.8 Å². The molecule has 0 spiro atoms. The Kier molecular flexibility index (Phi) is 8.79. The maximum atomic E-state index is 6.43. The number of nitrogens with one attached hydrogen (secondary N) is 1. The summed E-state index contributed by atoms with van der Waals surface area (Å²) in [5, 5.41) is 3.65. The van der Waals surface area contributed by atoms with Crippen molar-refractivity contribution in [3.8, 4) is 0 Å². The average Bonchev–Trinajstić information content (AvgIpc) is 2.39. The summed E-state index contributed by atoms with van der Waals surface area (Å²) >= 11 is 0. The molecule has 1 fully saturated rings. The van der Waals surface area contributed by atoms with Crippen molar-refractivity contribution in [2.75, 3.05) is 6.54 Å². The molecule has 5 unspecified atom stereocenters. The molecule has 0 aromatic carbocycles. The Morgan fingerprint density at radius 1 is 1.10 bits per heavy atom. The van der Waals surface area contributed by atoms with E-state index in [0.717, 1.165) is 12.5 Å². The van der Waals surface area contributed by atoms with Crippen molar-refractivity contribution < 1.29 is 4.74 Å². The van der Waals surface area contributed by atoms with Crippen molar-refractivity contribution in [3.05, 3.63) is 0 Å². The molecular formula is C18H37NO. The highest BCUT2D eigenvalue weighted by Gasteiger charge is 2.35. The van der Waals surface area contributed by atoms with Crippen molar-refractivity contribution in [1.29, 1.82) is 0 Å². The Hall–Kier alpha value is -0.0800. The van der Waals surface area contributed by atoms with Gasteiger partial charge >= 0.3 is 0 Å². The Morgan fingerprint density at radius 3 is 2.50 bits per heavy atom. The highest BCUT2D eigenvalue weighted by Crippen LogP contribution is 2.32. The SMILES string of the molecule is CCCCCCC(C)OC1C(C)CC(C)CC1NCC. The molecule has 1 rings (SSSR count). The summed E-state index contributed by atoms with van der Waals surface area (Å²) < 4.78 is 6.43. The van der Waals surface area contributed by atoms with Crippen LogP contribution in [0.4, 0.5) is 0 Å². The van der Waals surface area contributed by atoms with Crippen LogP contribution in [0.25, 0.3) is 0 Å². The standard InChI is InChI=1S/C18H37NO/c1-6-8-9-10-11-16(5)20-18-15(4)12-14(3)13-17(18)19-7-2/h14-19H,6-13H2,1-5H3. The number of likely N-dealkylation sites (N-methyl/N-ethyl adjacent to an activating group) is 1. The molecule has 1 aliphatic rings. The van der Waals surface area contributed by atoms with Gasteiger partial charge < -0.3 is 10.1 Å². The molecule has 0 aromatic rings. The Labute approximate surface area is 127 Å². The van der Waals surface area contributed by atoms with Gasteiger partial charge in [-0.2, -0.15) is 0 Å². The summed E-state index contributed by atoms with van der Waals surface area (Å²) in [6.07, 6.45) is 9.98. The maximum absolute atomic E-state index is 6.43. The Morgan fingerprint density at radius 2 is 1.85 bits per heavy atom. The fourth-order valence-electron chi connectivity index (χ4n) is 3.71. The summed E-state index contributed by atoms with van der Waals surface area (Å²) in [4.78, 5) is 0. The molecular weight excluding hydrogens is 246 g/mol. The molecule has 0 aromatic heterocycles. The van der Waals surface area contributed by atoms with Crippen molar-refractivity contribution in [1.82, 2.24) is 5.32 Å². The zero-order valence-corrected chi connectivity index (χ0v) is 14.5. The smallest absolute Gasteiger partial charge is 0.0757 e. The second-order valence-electron chi connectivity index (χ2n) is 6.98. The van der Waals surface area contributed by atoms with Gasteiger partial charge in [-0.3, -0.25) is 0 Å². The normalized spacial score (nSPS) is 32.2. The average molecular weight is 284 g/mol. The van der Waals surface area contributed by atoms with Gasteiger partial charge in [0.1, 0.15) is 0 Å². The highest BCUT2D eigenvalue weighted by molar-refractivity contribution is 4.89. The van der Waals surface area contributed by atoms with Gasteiger partial charge in [0.2, 0.25) is 0 Å². The monoisotopic (exact) mass is 283 g/mol. The molecule has 0 aliphatic heterocycles. The second kappa shape index (κ2) is 9.78. The molecule has 20 heavy (non-hydrogen) atoms. The maximum Gasteiger partial charge on any atom is 0.0757 e. The van der Waals surface area contributed by atoms with Gasteiger partial charge in [-0.15, -0.1) is 0 Å². The largest absolute Gasteiger partial charge is 0.373 e. The Bertz CT molecular complexity index is 244. The van der Waals surface area contributed by atoms with E-state index in [-0.39, 0.29) is 0 Å². The summed E-state index contributed by atoms with van der Waals surface area (Å²) in [7, 11) is 0. The molecule has 2 nitrogen and oxygen atoms in total. The summed E-state index contributed by atoms with van der Waals surface area (Å²) in [6, 6.07) is 0.553. The fraction of sp³-hybridized carbons (Fsp3) is 1.00. The second-order valence-corrected chi connectivity index (χ2v) is 6.98. The van der Waals surface area contributed by atoms with Crippen LogP contribution in [0.2, 0.25) is 0 Å². The van der Waals surface area contributed by atoms with E-state index in [1.165, 1.54) is 44.9 Å². The van der Waals surface area contributed by atoms with Gasteiger partial charge in [0.15, 0.2) is 0 Å². The van der Waals surface area contributed by atoms with Gasteiger partial charge in [-0.05, 0) is 44.6 Å². The van der Waals surface area contributed by atoms with Crippen molar-refractivity contribution in [3.63, 3.8) is 0 Å². The van der Waals surface area contributed by atoms with Crippen LogP contribution in [-0.2, 0) is 4.74 Å². The van der Waals surface area contributed by atoms with Crippen LogP contribution in [0.1, 0.15) is 79.6 Å². The lowest BCUT2D eigenvalue weighted by atomic mass is 9.78. The zero-order chi connectivity index (χ0) is 15.0. The van der Waals surface area contributed by atoms with E-state index < -0.39 is 0 Å². The topological polar surface area (TPSA) is 21.3 Å². The van der Waals surface area contributed by atoms with Crippen molar-refractivity contribution in [2.24, 2.45) is 11.8 Å². The summed E-state index contributed by atoms with van der Waals surface area (Å²) in [6.45, 7) is 12.5. The molecule has 5 atom stereocenters. The van der Waals surface area contributed by atoms with E-state index in [1.54, 1.807) is 0 Å². The van der Waals surface area contributed by atoms with E-state index in [1.807, 2.05) is 0 Å². The highest BCUT2D eigenvalue weighted by atomic mass is 16.5. The minimum atomic E-state index is 0.410. The lowest BCUT2D eigenvalue weighted by molar-refractivity contribution is -0.0761. The summed E-state index contributed by atoms with van der Waals surface area (Å²) in [5.41, 5.74) is 0. The molecule has 1 saturated carbocycles. The third kappa shape index (κ3) is 6.13. The van der Waals surface area contributed by atoms with Gasteiger partial charge in [-0.25, -0.2) is 0 Å². The number of hydrogen-bond acceptors (Lipinski definition) is 2. The summed E-state index contributed by atoms with van der Waals surface area (Å²) in [5.74, 6) is 1.51. The van der Waals surface area contributed by atoms with Gasteiger partial charge in [0.05, 0.1) is 12.2 Å². The number of rotatable bonds is 9. The van der Waals surface area contributed by atoms with Crippen LogP contribution in [0.15, 0.2) is 0 Å². The van der Waals surface area contributed by atoms with E-state index in [2.05, 4.69) is 39.9 Å². The van der Waals surface area contributed by atoms with Crippen LogP contribution >= 0.6 is 0 Å². The lowest BCUT2D eigenvalue weighted by Crippen LogP contribution is -2.50. The molecule has 0 amide bonds.